The Morgan fingerprint density at radius 2 is 1.81 bits per heavy atom. The van der Waals surface area contributed by atoms with Crippen LogP contribution in [0, 0.1) is 11.6 Å². The standard InChI is InChI=1S/C19H30F2N4O.HI/c1-6-22-19(24(5)13-18(26)25(7-2)8-3)23-12-14(4)15-9-10-16(20)17(21)11-15;/h9-11,14H,6-8,12-13H2,1-5H3,(H,22,23);1H. The number of halogens is 3. The summed E-state index contributed by atoms with van der Waals surface area (Å²) in [7, 11) is 1.81. The van der Waals surface area contributed by atoms with Gasteiger partial charge >= 0.3 is 0 Å². The maximum atomic E-state index is 13.4. The molecule has 1 rings (SSSR count). The number of hydrogen-bond donors (Lipinski definition) is 1. The molecule has 0 aromatic heterocycles. The van der Waals surface area contributed by atoms with Crippen LogP contribution in [-0.4, -0.2) is 61.4 Å². The van der Waals surface area contributed by atoms with E-state index >= 15 is 0 Å². The van der Waals surface area contributed by atoms with Crippen molar-refractivity contribution in [3.05, 3.63) is 35.4 Å². The second-order valence-corrected chi connectivity index (χ2v) is 6.19. The summed E-state index contributed by atoms with van der Waals surface area (Å²) in [5, 5.41) is 3.16. The van der Waals surface area contributed by atoms with Gasteiger partial charge in [0.25, 0.3) is 0 Å². The van der Waals surface area contributed by atoms with Crippen molar-refractivity contribution in [3.8, 4) is 0 Å². The number of benzene rings is 1. The molecule has 27 heavy (non-hydrogen) atoms. The van der Waals surface area contributed by atoms with Crippen LogP contribution in [0.25, 0.3) is 0 Å². The monoisotopic (exact) mass is 496 g/mol. The molecule has 0 heterocycles. The van der Waals surface area contributed by atoms with Gasteiger partial charge in [0, 0.05) is 39.1 Å². The number of carbonyl (C=O) groups excluding carboxylic acids is 1. The summed E-state index contributed by atoms with van der Waals surface area (Å²) < 4.78 is 26.5. The molecule has 0 saturated carbocycles. The number of likely N-dealkylation sites (N-methyl/N-ethyl adjacent to an activating group) is 2. The highest BCUT2D eigenvalue weighted by atomic mass is 127. The Balaban J connectivity index is 0.00000676. The second-order valence-electron chi connectivity index (χ2n) is 6.19. The van der Waals surface area contributed by atoms with Crippen LogP contribution in [0.15, 0.2) is 23.2 Å². The van der Waals surface area contributed by atoms with Gasteiger partial charge in [0.15, 0.2) is 17.6 Å². The summed E-state index contributed by atoms with van der Waals surface area (Å²) in [6.45, 7) is 10.4. The van der Waals surface area contributed by atoms with Crippen molar-refractivity contribution in [2.24, 2.45) is 4.99 Å². The minimum Gasteiger partial charge on any atom is -0.357 e. The van der Waals surface area contributed by atoms with Crippen LogP contribution in [0.4, 0.5) is 8.78 Å². The first kappa shape index (κ1) is 25.6. The first-order valence-electron chi connectivity index (χ1n) is 9.06. The van der Waals surface area contributed by atoms with Gasteiger partial charge in [-0.25, -0.2) is 8.78 Å². The summed E-state index contributed by atoms with van der Waals surface area (Å²) in [4.78, 5) is 20.4. The predicted molar refractivity (Wildman–Crippen MR) is 117 cm³/mol. The third-order valence-corrected chi connectivity index (χ3v) is 4.21. The van der Waals surface area contributed by atoms with Crippen molar-refractivity contribution in [1.29, 1.82) is 0 Å². The first-order valence-corrected chi connectivity index (χ1v) is 9.06. The summed E-state index contributed by atoms with van der Waals surface area (Å²) in [5.74, 6) is -1.13. The molecule has 154 valence electrons. The van der Waals surface area contributed by atoms with E-state index in [1.54, 1.807) is 15.9 Å². The van der Waals surface area contributed by atoms with E-state index in [0.29, 0.717) is 37.7 Å². The molecule has 0 spiro atoms. The van der Waals surface area contributed by atoms with Crippen LogP contribution >= 0.6 is 24.0 Å². The second kappa shape index (κ2) is 12.9. The Kier molecular flexibility index (Phi) is 12.2. The number of amides is 1. The van der Waals surface area contributed by atoms with Crippen LogP contribution in [-0.2, 0) is 4.79 Å². The molecule has 0 aliphatic carbocycles. The van der Waals surface area contributed by atoms with E-state index in [-0.39, 0.29) is 42.3 Å². The van der Waals surface area contributed by atoms with Crippen LogP contribution < -0.4 is 5.32 Å². The van der Waals surface area contributed by atoms with Crippen molar-refractivity contribution in [2.75, 3.05) is 39.8 Å². The van der Waals surface area contributed by atoms with Gasteiger partial charge in [-0.3, -0.25) is 9.79 Å². The third kappa shape index (κ3) is 7.98. The van der Waals surface area contributed by atoms with Crippen molar-refractivity contribution >= 4 is 35.8 Å². The Morgan fingerprint density at radius 1 is 1.19 bits per heavy atom. The highest BCUT2D eigenvalue weighted by molar-refractivity contribution is 14.0. The molecule has 1 amide bonds. The van der Waals surface area contributed by atoms with E-state index in [9.17, 15) is 13.6 Å². The van der Waals surface area contributed by atoms with Crippen LogP contribution in [0.5, 0.6) is 0 Å². The quantitative estimate of drug-likeness (QED) is 0.341. The highest BCUT2D eigenvalue weighted by Crippen LogP contribution is 2.18. The maximum Gasteiger partial charge on any atom is 0.242 e. The van der Waals surface area contributed by atoms with E-state index in [1.165, 1.54) is 6.07 Å². The number of guanidine groups is 1. The Bertz CT molecular complexity index is 624. The van der Waals surface area contributed by atoms with Gasteiger partial charge < -0.3 is 15.1 Å². The van der Waals surface area contributed by atoms with Crippen LogP contribution in [0.2, 0.25) is 0 Å². The first-order chi connectivity index (χ1) is 12.3. The Labute approximate surface area is 178 Å². The predicted octanol–water partition coefficient (Wildman–Crippen LogP) is 3.45. The van der Waals surface area contributed by atoms with E-state index in [2.05, 4.69) is 10.3 Å². The smallest absolute Gasteiger partial charge is 0.242 e. The molecule has 1 aromatic rings. The molecule has 0 aliphatic rings. The van der Waals surface area contributed by atoms with Crippen molar-refractivity contribution in [3.63, 3.8) is 0 Å². The van der Waals surface area contributed by atoms with Gasteiger partial charge in [-0.15, -0.1) is 24.0 Å². The fraction of sp³-hybridized carbons (Fsp3) is 0.579. The number of aliphatic imine (C=N–C) groups is 1. The van der Waals surface area contributed by atoms with Crippen LogP contribution in [0.1, 0.15) is 39.2 Å². The number of nitrogens with zero attached hydrogens (tertiary/aromatic N) is 3. The number of carbonyl (C=O) groups is 1. The lowest BCUT2D eigenvalue weighted by molar-refractivity contribution is -0.131. The summed E-state index contributed by atoms with van der Waals surface area (Å²) in [6, 6.07) is 3.90. The van der Waals surface area contributed by atoms with Crippen molar-refractivity contribution in [2.45, 2.75) is 33.6 Å². The molecule has 5 nitrogen and oxygen atoms in total. The fourth-order valence-electron chi connectivity index (χ4n) is 2.57. The zero-order chi connectivity index (χ0) is 19.7. The van der Waals surface area contributed by atoms with Gasteiger partial charge in [0.05, 0.1) is 6.54 Å². The van der Waals surface area contributed by atoms with E-state index in [0.717, 1.165) is 6.07 Å². The highest BCUT2D eigenvalue weighted by Gasteiger charge is 2.16. The summed E-state index contributed by atoms with van der Waals surface area (Å²) in [6.07, 6.45) is 0. The molecule has 1 N–H and O–H groups in total. The van der Waals surface area contributed by atoms with Crippen LogP contribution in [0.3, 0.4) is 0 Å². The van der Waals surface area contributed by atoms with Gasteiger partial charge in [-0.2, -0.15) is 0 Å². The SMILES string of the molecule is CCNC(=NCC(C)c1ccc(F)c(F)c1)N(C)CC(=O)N(CC)CC.I. The fourth-order valence-corrected chi connectivity index (χ4v) is 2.57. The van der Waals surface area contributed by atoms with Gasteiger partial charge in [0.2, 0.25) is 5.91 Å². The third-order valence-electron chi connectivity index (χ3n) is 4.21. The molecule has 0 aliphatic heterocycles. The Morgan fingerprint density at radius 3 is 2.33 bits per heavy atom. The Hall–Kier alpha value is -1.45. The van der Waals surface area contributed by atoms with Crippen molar-refractivity contribution in [1.82, 2.24) is 15.1 Å². The van der Waals surface area contributed by atoms with E-state index < -0.39 is 11.6 Å². The van der Waals surface area contributed by atoms with Crippen molar-refractivity contribution < 1.29 is 13.6 Å². The zero-order valence-corrected chi connectivity index (χ0v) is 19.1. The average Bonchev–Trinajstić information content (AvgIpc) is 2.61. The van der Waals surface area contributed by atoms with Gasteiger partial charge in [-0.1, -0.05) is 13.0 Å². The number of rotatable bonds is 8. The zero-order valence-electron chi connectivity index (χ0n) is 16.8. The summed E-state index contributed by atoms with van der Waals surface area (Å²) in [5.41, 5.74) is 0.686. The lowest BCUT2D eigenvalue weighted by Crippen LogP contribution is -2.45. The summed E-state index contributed by atoms with van der Waals surface area (Å²) >= 11 is 0. The number of hydrogen-bond acceptors (Lipinski definition) is 2. The topological polar surface area (TPSA) is 47.9 Å². The lowest BCUT2D eigenvalue weighted by Gasteiger charge is -2.26. The molecule has 0 fully saturated rings. The molecule has 8 heteroatoms. The minimum absolute atomic E-state index is 0. The van der Waals surface area contributed by atoms with Gasteiger partial charge in [-0.05, 0) is 38.5 Å². The number of nitrogens with one attached hydrogen (secondary N) is 1. The van der Waals surface area contributed by atoms with E-state index in [1.807, 2.05) is 34.7 Å². The molecular formula is C19H31F2IN4O. The van der Waals surface area contributed by atoms with E-state index in [4.69, 9.17) is 0 Å². The molecule has 1 atom stereocenters. The normalized spacial score (nSPS) is 12.2. The molecule has 0 bridgehead atoms. The largest absolute Gasteiger partial charge is 0.357 e. The minimum atomic E-state index is -0.854. The molecule has 0 radical (unpaired) electrons. The molecule has 1 aromatic carbocycles. The lowest BCUT2D eigenvalue weighted by atomic mass is 10.0. The average molecular weight is 496 g/mol. The maximum absolute atomic E-state index is 13.4. The molecular weight excluding hydrogens is 465 g/mol. The molecule has 0 saturated heterocycles. The molecule has 1 unspecified atom stereocenters. The van der Waals surface area contributed by atoms with Gasteiger partial charge in [0.1, 0.15) is 0 Å².